The summed E-state index contributed by atoms with van der Waals surface area (Å²) < 4.78 is 20.9. The van der Waals surface area contributed by atoms with Crippen molar-refractivity contribution >= 4 is 23.5 Å². The summed E-state index contributed by atoms with van der Waals surface area (Å²) in [6, 6.07) is 14.2. The van der Waals surface area contributed by atoms with Crippen LogP contribution in [-0.2, 0) is 11.3 Å². The molecule has 0 aliphatic rings. The van der Waals surface area contributed by atoms with Gasteiger partial charge in [-0.2, -0.15) is 5.26 Å². The van der Waals surface area contributed by atoms with E-state index in [0.717, 1.165) is 39.7 Å². The molecule has 0 bridgehead atoms. The highest BCUT2D eigenvalue weighted by Gasteiger charge is 2.20. The van der Waals surface area contributed by atoms with Crippen molar-refractivity contribution in [3.8, 4) is 17.5 Å². The van der Waals surface area contributed by atoms with Gasteiger partial charge in [0, 0.05) is 17.8 Å². The number of hydrogen-bond donors (Lipinski definition) is 1. The predicted molar refractivity (Wildman–Crippen MR) is 133 cm³/mol. The van der Waals surface area contributed by atoms with Crippen LogP contribution in [0.15, 0.2) is 52.1 Å². The molecule has 4 rings (SSSR count). The quantitative estimate of drug-likeness (QED) is 0.341. The molecule has 35 heavy (non-hydrogen) atoms. The lowest BCUT2D eigenvalue weighted by molar-refractivity contribution is -0.113. The van der Waals surface area contributed by atoms with Crippen molar-refractivity contribution in [3.63, 3.8) is 0 Å². The van der Waals surface area contributed by atoms with Gasteiger partial charge in [0.15, 0.2) is 0 Å². The molecule has 0 saturated carbocycles. The molecule has 2 aromatic carbocycles. The molecule has 0 atom stereocenters. The average Bonchev–Trinajstić information content (AvgIpc) is 3.40. The van der Waals surface area contributed by atoms with Gasteiger partial charge in [0.05, 0.1) is 11.3 Å². The van der Waals surface area contributed by atoms with E-state index in [4.69, 9.17) is 4.42 Å². The maximum atomic E-state index is 13.3. The van der Waals surface area contributed by atoms with Gasteiger partial charge < -0.3 is 14.3 Å². The molecule has 0 saturated heterocycles. The summed E-state index contributed by atoms with van der Waals surface area (Å²) in [5.41, 5.74) is 6.00. The van der Waals surface area contributed by atoms with Crippen LogP contribution in [0.5, 0.6) is 0 Å². The maximum absolute atomic E-state index is 13.3. The summed E-state index contributed by atoms with van der Waals surface area (Å²) in [6.45, 7) is 8.16. The third-order valence-electron chi connectivity index (χ3n) is 5.94. The highest BCUT2D eigenvalue weighted by atomic mass is 32.2. The summed E-state index contributed by atoms with van der Waals surface area (Å²) in [5, 5.41) is 21.0. The van der Waals surface area contributed by atoms with Crippen molar-refractivity contribution in [1.82, 2.24) is 14.8 Å². The minimum Gasteiger partial charge on any atom is -0.411 e. The second kappa shape index (κ2) is 10.2. The van der Waals surface area contributed by atoms with E-state index in [-0.39, 0.29) is 22.7 Å². The van der Waals surface area contributed by atoms with Crippen molar-refractivity contribution in [2.24, 2.45) is 0 Å². The first-order chi connectivity index (χ1) is 16.8. The number of aromatic nitrogens is 3. The van der Waals surface area contributed by atoms with E-state index >= 15 is 0 Å². The first-order valence-electron chi connectivity index (χ1n) is 10.9. The zero-order valence-electron chi connectivity index (χ0n) is 19.8. The van der Waals surface area contributed by atoms with E-state index in [1.54, 1.807) is 12.1 Å². The Morgan fingerprint density at radius 3 is 2.54 bits per heavy atom. The average molecular weight is 490 g/mol. The molecule has 2 heterocycles. The second-order valence-electron chi connectivity index (χ2n) is 8.27. The molecule has 0 fully saturated rings. The SMILES string of the molecule is Cc1ccc(-c2nnc(SCC(=O)Nc3c(C#N)c(C)c(C)n3Cc3ccc(F)cc3)o2)cc1C. The van der Waals surface area contributed by atoms with Crippen molar-refractivity contribution in [2.75, 3.05) is 11.1 Å². The van der Waals surface area contributed by atoms with Crippen LogP contribution in [0.2, 0.25) is 0 Å². The first kappa shape index (κ1) is 24.2. The molecule has 0 radical (unpaired) electrons. The number of thioether (sulfide) groups is 1. The van der Waals surface area contributed by atoms with Gasteiger partial charge in [-0.1, -0.05) is 30.0 Å². The fourth-order valence-electron chi connectivity index (χ4n) is 3.66. The minimum absolute atomic E-state index is 0.0270. The van der Waals surface area contributed by atoms with Gasteiger partial charge in [0.25, 0.3) is 5.22 Å². The lowest BCUT2D eigenvalue weighted by Crippen LogP contribution is -2.18. The second-order valence-corrected chi connectivity index (χ2v) is 9.19. The summed E-state index contributed by atoms with van der Waals surface area (Å²) in [4.78, 5) is 12.8. The van der Waals surface area contributed by atoms with Gasteiger partial charge in [0.1, 0.15) is 17.7 Å². The van der Waals surface area contributed by atoms with E-state index in [0.29, 0.717) is 23.8 Å². The van der Waals surface area contributed by atoms with E-state index in [1.807, 2.05) is 50.5 Å². The number of benzene rings is 2. The van der Waals surface area contributed by atoms with Crippen molar-refractivity contribution in [2.45, 2.75) is 39.5 Å². The molecule has 9 heteroatoms. The van der Waals surface area contributed by atoms with Gasteiger partial charge in [-0.3, -0.25) is 4.79 Å². The number of rotatable bonds is 7. The van der Waals surface area contributed by atoms with Gasteiger partial charge >= 0.3 is 0 Å². The molecule has 1 N–H and O–H groups in total. The van der Waals surface area contributed by atoms with Crippen molar-refractivity contribution in [3.05, 3.63) is 81.8 Å². The van der Waals surface area contributed by atoms with E-state index in [9.17, 15) is 14.4 Å². The Bertz CT molecular complexity index is 1430. The molecule has 7 nitrogen and oxygen atoms in total. The lowest BCUT2D eigenvalue weighted by Gasteiger charge is -2.13. The van der Waals surface area contributed by atoms with Gasteiger partial charge in [-0.05, 0) is 74.2 Å². The molecule has 0 spiro atoms. The van der Waals surface area contributed by atoms with E-state index < -0.39 is 0 Å². The number of nitrogens with one attached hydrogen (secondary N) is 1. The lowest BCUT2D eigenvalue weighted by atomic mass is 10.1. The number of nitrogens with zero attached hydrogens (tertiary/aromatic N) is 4. The van der Waals surface area contributed by atoms with E-state index in [1.165, 1.54) is 17.7 Å². The molecular formula is C26H24FN5O2S. The standard InChI is InChI=1S/C26H24FN5O2S/c1-15-5-8-20(11-16(15)2)25-30-31-26(34-25)35-14-23(33)29-24-22(12-28)17(3)18(4)32(24)13-19-6-9-21(27)10-7-19/h5-11H,13-14H2,1-4H3,(H,29,33). The topological polar surface area (TPSA) is 96.7 Å². The van der Waals surface area contributed by atoms with Crippen LogP contribution >= 0.6 is 11.8 Å². The van der Waals surface area contributed by atoms with E-state index in [2.05, 4.69) is 21.6 Å². The van der Waals surface area contributed by atoms with Crippen LogP contribution in [-0.4, -0.2) is 26.4 Å². The molecular weight excluding hydrogens is 465 g/mol. The number of amides is 1. The monoisotopic (exact) mass is 489 g/mol. The number of carbonyl (C=O) groups excluding carboxylic acids is 1. The van der Waals surface area contributed by atoms with Gasteiger partial charge in [-0.15, -0.1) is 10.2 Å². The summed E-state index contributed by atoms with van der Waals surface area (Å²) >= 11 is 1.12. The van der Waals surface area contributed by atoms with Crippen molar-refractivity contribution in [1.29, 1.82) is 5.26 Å². The Morgan fingerprint density at radius 1 is 1.11 bits per heavy atom. The third kappa shape index (κ3) is 5.28. The van der Waals surface area contributed by atoms with Crippen LogP contribution in [0.25, 0.3) is 11.5 Å². The van der Waals surface area contributed by atoms with Crippen molar-refractivity contribution < 1.29 is 13.6 Å². The number of anilines is 1. The maximum Gasteiger partial charge on any atom is 0.277 e. The number of carbonyl (C=O) groups is 1. The largest absolute Gasteiger partial charge is 0.411 e. The molecule has 0 aliphatic carbocycles. The highest BCUT2D eigenvalue weighted by molar-refractivity contribution is 7.99. The summed E-state index contributed by atoms with van der Waals surface area (Å²) in [7, 11) is 0. The number of hydrogen-bond acceptors (Lipinski definition) is 6. The Labute approximate surface area is 207 Å². The van der Waals surface area contributed by atoms with Crippen LogP contribution in [0.1, 0.15) is 33.5 Å². The molecule has 1 amide bonds. The summed E-state index contributed by atoms with van der Waals surface area (Å²) in [5.74, 6) is 0.203. The summed E-state index contributed by atoms with van der Waals surface area (Å²) in [6.07, 6.45) is 0. The molecule has 178 valence electrons. The fraction of sp³-hybridized carbons (Fsp3) is 0.231. The molecule has 2 aromatic heterocycles. The van der Waals surface area contributed by atoms with Gasteiger partial charge in [-0.25, -0.2) is 4.39 Å². The smallest absolute Gasteiger partial charge is 0.277 e. The molecule has 0 aliphatic heterocycles. The van der Waals surface area contributed by atoms with Gasteiger partial charge in [0.2, 0.25) is 11.8 Å². The first-order valence-corrected chi connectivity index (χ1v) is 11.9. The number of halogens is 1. The molecule has 4 aromatic rings. The highest BCUT2D eigenvalue weighted by Crippen LogP contribution is 2.29. The Kier molecular flexibility index (Phi) is 7.03. The number of nitriles is 1. The van der Waals surface area contributed by atoms with Crippen LogP contribution in [0, 0.1) is 44.8 Å². The molecule has 0 unspecified atom stereocenters. The zero-order chi connectivity index (χ0) is 25.1. The number of aryl methyl sites for hydroxylation is 2. The predicted octanol–water partition coefficient (Wildman–Crippen LogP) is 5.56. The van der Waals surface area contributed by atoms with Crippen LogP contribution < -0.4 is 5.32 Å². The van der Waals surface area contributed by atoms with Crippen LogP contribution in [0.3, 0.4) is 0 Å². The Balaban J connectivity index is 1.48. The Hall–Kier alpha value is -3.90. The van der Waals surface area contributed by atoms with Crippen LogP contribution in [0.4, 0.5) is 10.2 Å². The fourth-order valence-corrected chi connectivity index (χ4v) is 4.22. The zero-order valence-corrected chi connectivity index (χ0v) is 20.7. The third-order valence-corrected chi connectivity index (χ3v) is 6.76. The Morgan fingerprint density at radius 2 is 1.86 bits per heavy atom. The normalized spacial score (nSPS) is 10.9. The minimum atomic E-state index is -0.320.